The Bertz CT molecular complexity index is 687. The molecule has 0 aliphatic heterocycles. The van der Waals surface area contributed by atoms with E-state index < -0.39 is 0 Å². The molecule has 0 radical (unpaired) electrons. The third-order valence-electron chi connectivity index (χ3n) is 4.08. The van der Waals surface area contributed by atoms with Crippen LogP contribution in [-0.2, 0) is 10.8 Å². The Labute approximate surface area is 145 Å². The second-order valence-corrected chi connectivity index (χ2v) is 8.23. The van der Waals surface area contributed by atoms with Gasteiger partial charge >= 0.3 is 0 Å². The molecule has 24 heavy (non-hydrogen) atoms. The molecule has 0 unspecified atom stereocenters. The minimum Gasteiger partial charge on any atom is -0.298 e. The number of carbonyl (C=O) groups is 1. The highest BCUT2D eigenvalue weighted by Crippen LogP contribution is 2.24. The summed E-state index contributed by atoms with van der Waals surface area (Å²) in [6.07, 6.45) is 0. The number of hydrogen-bond donors (Lipinski definition) is 2. The molecule has 2 N–H and O–H groups in total. The van der Waals surface area contributed by atoms with Crippen molar-refractivity contribution in [3.63, 3.8) is 0 Å². The first-order chi connectivity index (χ1) is 11.1. The summed E-state index contributed by atoms with van der Waals surface area (Å²) in [6, 6.07) is 15.8. The van der Waals surface area contributed by atoms with Crippen LogP contribution in [0.2, 0.25) is 0 Å². The van der Waals surface area contributed by atoms with Crippen LogP contribution in [0.25, 0.3) is 0 Å². The maximum atomic E-state index is 12.2. The van der Waals surface area contributed by atoms with Crippen LogP contribution in [0.15, 0.2) is 48.5 Å². The van der Waals surface area contributed by atoms with Crippen LogP contribution in [0.1, 0.15) is 63.0 Å². The van der Waals surface area contributed by atoms with Crippen molar-refractivity contribution in [3.05, 3.63) is 65.2 Å². The third kappa shape index (κ3) is 4.60. The number of hydrazine groups is 1. The Morgan fingerprint density at radius 1 is 0.708 bits per heavy atom. The molecule has 2 rings (SSSR count). The van der Waals surface area contributed by atoms with Gasteiger partial charge in [0.1, 0.15) is 0 Å². The van der Waals surface area contributed by atoms with Crippen molar-refractivity contribution < 1.29 is 4.79 Å². The number of amides is 1. The Kier molecular flexibility index (Phi) is 5.02. The predicted molar refractivity (Wildman–Crippen MR) is 101 cm³/mol. The van der Waals surface area contributed by atoms with E-state index in [-0.39, 0.29) is 16.7 Å². The molecule has 0 bridgehead atoms. The minimum atomic E-state index is -0.143. The second kappa shape index (κ2) is 6.68. The van der Waals surface area contributed by atoms with Gasteiger partial charge in [0.05, 0.1) is 5.69 Å². The highest BCUT2D eigenvalue weighted by Gasteiger charge is 2.15. The molecule has 0 heterocycles. The molecule has 0 aliphatic carbocycles. The van der Waals surface area contributed by atoms with Gasteiger partial charge in [-0.05, 0) is 46.2 Å². The fraction of sp³-hybridized carbons (Fsp3) is 0.381. The van der Waals surface area contributed by atoms with E-state index >= 15 is 0 Å². The lowest BCUT2D eigenvalue weighted by Gasteiger charge is -2.20. The number of hydrogen-bond acceptors (Lipinski definition) is 2. The van der Waals surface area contributed by atoms with E-state index in [9.17, 15) is 4.79 Å². The largest absolute Gasteiger partial charge is 0.298 e. The van der Waals surface area contributed by atoms with Crippen molar-refractivity contribution in [3.8, 4) is 0 Å². The number of rotatable bonds is 3. The van der Waals surface area contributed by atoms with Crippen LogP contribution in [-0.4, -0.2) is 5.91 Å². The fourth-order valence-corrected chi connectivity index (χ4v) is 2.38. The van der Waals surface area contributed by atoms with Gasteiger partial charge in [0.2, 0.25) is 0 Å². The van der Waals surface area contributed by atoms with Gasteiger partial charge in [-0.3, -0.25) is 15.6 Å². The Hall–Kier alpha value is -2.29. The summed E-state index contributed by atoms with van der Waals surface area (Å²) in [5, 5.41) is 0. The SMILES string of the molecule is CC(C)(C)c1ccc(NNC(=O)c2ccc(C(C)(C)C)cc2)cc1. The van der Waals surface area contributed by atoms with Crippen molar-refractivity contribution in [1.82, 2.24) is 5.43 Å². The van der Waals surface area contributed by atoms with E-state index in [2.05, 4.69) is 64.5 Å². The topological polar surface area (TPSA) is 41.1 Å². The standard InChI is InChI=1S/C21H28N2O/c1-20(2,3)16-9-7-15(8-10-16)19(24)23-22-18-13-11-17(12-14-18)21(4,5)6/h7-14,22H,1-6H3,(H,23,24). The van der Waals surface area contributed by atoms with Gasteiger partial charge in [0, 0.05) is 5.56 Å². The molecular formula is C21H28N2O. The molecule has 1 amide bonds. The van der Waals surface area contributed by atoms with Gasteiger partial charge in [-0.2, -0.15) is 0 Å². The molecular weight excluding hydrogens is 296 g/mol. The number of benzene rings is 2. The number of nitrogens with one attached hydrogen (secondary N) is 2. The quantitative estimate of drug-likeness (QED) is 0.777. The normalized spacial score (nSPS) is 11.9. The molecule has 2 aromatic rings. The monoisotopic (exact) mass is 324 g/mol. The molecule has 128 valence electrons. The van der Waals surface area contributed by atoms with Gasteiger partial charge < -0.3 is 0 Å². The van der Waals surface area contributed by atoms with Crippen molar-refractivity contribution in [2.45, 2.75) is 52.4 Å². The van der Waals surface area contributed by atoms with Crippen LogP contribution in [0, 0.1) is 0 Å². The average molecular weight is 324 g/mol. The molecule has 0 spiro atoms. The minimum absolute atomic E-state index is 0.0854. The van der Waals surface area contributed by atoms with Gasteiger partial charge in [0.15, 0.2) is 0 Å². The zero-order valence-electron chi connectivity index (χ0n) is 15.5. The lowest BCUT2D eigenvalue weighted by molar-refractivity contribution is 0.0962. The molecule has 0 fully saturated rings. The summed E-state index contributed by atoms with van der Waals surface area (Å²) in [7, 11) is 0. The van der Waals surface area contributed by atoms with E-state index in [4.69, 9.17) is 0 Å². The van der Waals surface area contributed by atoms with E-state index in [1.165, 1.54) is 11.1 Å². The summed E-state index contributed by atoms with van der Waals surface area (Å²) in [5.41, 5.74) is 9.89. The van der Waals surface area contributed by atoms with Crippen molar-refractivity contribution in [2.75, 3.05) is 5.43 Å². The molecule has 0 aromatic heterocycles. The first kappa shape index (κ1) is 18.1. The van der Waals surface area contributed by atoms with Crippen LogP contribution in [0.3, 0.4) is 0 Å². The maximum Gasteiger partial charge on any atom is 0.269 e. The van der Waals surface area contributed by atoms with Gasteiger partial charge in [-0.25, -0.2) is 0 Å². The molecule has 0 saturated heterocycles. The number of anilines is 1. The third-order valence-corrected chi connectivity index (χ3v) is 4.08. The lowest BCUT2D eigenvalue weighted by atomic mass is 9.87. The molecule has 3 heteroatoms. The van der Waals surface area contributed by atoms with Crippen LogP contribution >= 0.6 is 0 Å². The first-order valence-electron chi connectivity index (χ1n) is 8.35. The molecule has 3 nitrogen and oxygen atoms in total. The molecule has 0 atom stereocenters. The van der Waals surface area contributed by atoms with Gasteiger partial charge in [-0.1, -0.05) is 65.8 Å². The van der Waals surface area contributed by atoms with Crippen molar-refractivity contribution >= 4 is 11.6 Å². The van der Waals surface area contributed by atoms with Crippen LogP contribution in [0.5, 0.6) is 0 Å². The fourth-order valence-electron chi connectivity index (χ4n) is 2.38. The zero-order chi connectivity index (χ0) is 18.0. The highest BCUT2D eigenvalue weighted by atomic mass is 16.2. The van der Waals surface area contributed by atoms with Crippen LogP contribution < -0.4 is 10.9 Å². The van der Waals surface area contributed by atoms with Crippen LogP contribution in [0.4, 0.5) is 5.69 Å². The van der Waals surface area contributed by atoms with E-state index in [0.717, 1.165) is 5.69 Å². The smallest absolute Gasteiger partial charge is 0.269 e. The summed E-state index contributed by atoms with van der Waals surface area (Å²) < 4.78 is 0. The second-order valence-electron chi connectivity index (χ2n) is 8.23. The molecule has 0 saturated carbocycles. The van der Waals surface area contributed by atoms with Crippen molar-refractivity contribution in [2.24, 2.45) is 0 Å². The summed E-state index contributed by atoms with van der Waals surface area (Å²) >= 11 is 0. The number of carbonyl (C=O) groups excluding carboxylic acids is 1. The molecule has 0 aliphatic rings. The summed E-state index contributed by atoms with van der Waals surface area (Å²) in [6.45, 7) is 13.0. The first-order valence-corrected chi connectivity index (χ1v) is 8.35. The Balaban J connectivity index is 1.98. The van der Waals surface area contributed by atoms with Gasteiger partial charge in [-0.15, -0.1) is 0 Å². The highest BCUT2D eigenvalue weighted by molar-refractivity contribution is 5.94. The lowest BCUT2D eigenvalue weighted by Crippen LogP contribution is -2.29. The predicted octanol–water partition coefficient (Wildman–Crippen LogP) is 5.04. The Morgan fingerprint density at radius 3 is 1.54 bits per heavy atom. The van der Waals surface area contributed by atoms with E-state index in [1.807, 2.05) is 36.4 Å². The van der Waals surface area contributed by atoms with E-state index in [1.54, 1.807) is 0 Å². The van der Waals surface area contributed by atoms with Gasteiger partial charge in [0.25, 0.3) is 5.91 Å². The maximum absolute atomic E-state index is 12.2. The summed E-state index contributed by atoms with van der Waals surface area (Å²) in [5.74, 6) is -0.143. The van der Waals surface area contributed by atoms with E-state index in [0.29, 0.717) is 5.56 Å². The van der Waals surface area contributed by atoms with Crippen molar-refractivity contribution in [1.29, 1.82) is 0 Å². The zero-order valence-corrected chi connectivity index (χ0v) is 15.5. The summed E-state index contributed by atoms with van der Waals surface area (Å²) in [4.78, 5) is 12.2. The molecule has 2 aromatic carbocycles. The Morgan fingerprint density at radius 2 is 1.12 bits per heavy atom. The average Bonchev–Trinajstić information content (AvgIpc) is 2.51.